The molecule has 0 saturated heterocycles. The van der Waals surface area contributed by atoms with Crippen LogP contribution < -0.4 is 15.8 Å². The molecule has 1 atom stereocenters. The Kier molecular flexibility index (Phi) is 4.17. The van der Waals surface area contributed by atoms with Crippen LogP contribution in [0.5, 0.6) is 5.75 Å². The van der Waals surface area contributed by atoms with Crippen molar-refractivity contribution in [2.45, 2.75) is 31.1 Å². The first-order chi connectivity index (χ1) is 9.38. The van der Waals surface area contributed by atoms with Crippen molar-refractivity contribution in [2.75, 3.05) is 6.61 Å². The van der Waals surface area contributed by atoms with Crippen molar-refractivity contribution in [1.29, 1.82) is 0 Å². The Hall–Kier alpha value is -1.76. The van der Waals surface area contributed by atoms with E-state index in [9.17, 15) is 18.0 Å². The standard InChI is InChI=1S/C13H15F3N2O2/c14-13(15,16)9-3-1-2-4-11(9)20-7-10(12(17)19)18-8-5-6-8/h1-4,8,10,18H,5-7H2,(H2,17,19). The van der Waals surface area contributed by atoms with E-state index in [0.717, 1.165) is 18.9 Å². The van der Waals surface area contributed by atoms with Gasteiger partial charge in [0.2, 0.25) is 5.91 Å². The Balaban J connectivity index is 2.03. The summed E-state index contributed by atoms with van der Waals surface area (Å²) in [7, 11) is 0. The summed E-state index contributed by atoms with van der Waals surface area (Å²) in [6.45, 7) is -0.223. The lowest BCUT2D eigenvalue weighted by molar-refractivity contribution is -0.139. The van der Waals surface area contributed by atoms with Gasteiger partial charge in [-0.2, -0.15) is 13.2 Å². The second-order valence-electron chi connectivity index (χ2n) is 4.70. The van der Waals surface area contributed by atoms with Gasteiger partial charge in [0.15, 0.2) is 0 Å². The highest BCUT2D eigenvalue weighted by Crippen LogP contribution is 2.35. The number of nitrogens with two attached hydrogens (primary N) is 1. The smallest absolute Gasteiger partial charge is 0.419 e. The summed E-state index contributed by atoms with van der Waals surface area (Å²) in [5.74, 6) is -0.940. The van der Waals surface area contributed by atoms with Gasteiger partial charge in [-0.15, -0.1) is 0 Å². The highest BCUT2D eigenvalue weighted by molar-refractivity contribution is 5.80. The summed E-state index contributed by atoms with van der Waals surface area (Å²) in [6, 6.07) is 4.29. The lowest BCUT2D eigenvalue weighted by Gasteiger charge is -2.18. The van der Waals surface area contributed by atoms with E-state index < -0.39 is 23.7 Å². The summed E-state index contributed by atoms with van der Waals surface area (Å²) in [5, 5.41) is 2.94. The van der Waals surface area contributed by atoms with Crippen LogP contribution in [-0.4, -0.2) is 24.6 Å². The van der Waals surface area contributed by atoms with Gasteiger partial charge in [0.25, 0.3) is 0 Å². The number of carbonyl (C=O) groups is 1. The fraction of sp³-hybridized carbons (Fsp3) is 0.462. The fourth-order valence-electron chi connectivity index (χ4n) is 1.75. The predicted molar refractivity (Wildman–Crippen MR) is 66.1 cm³/mol. The molecule has 0 bridgehead atoms. The average molecular weight is 288 g/mol. The molecule has 4 nitrogen and oxygen atoms in total. The predicted octanol–water partition coefficient (Wildman–Crippen LogP) is 1.69. The minimum absolute atomic E-state index is 0.203. The van der Waals surface area contributed by atoms with Crippen molar-refractivity contribution in [3.8, 4) is 5.75 Å². The van der Waals surface area contributed by atoms with Crippen molar-refractivity contribution >= 4 is 5.91 Å². The second kappa shape index (κ2) is 5.70. The number of halogens is 3. The van der Waals surface area contributed by atoms with Crippen LogP contribution in [-0.2, 0) is 11.0 Å². The van der Waals surface area contributed by atoms with Crippen molar-refractivity contribution in [3.05, 3.63) is 29.8 Å². The maximum atomic E-state index is 12.8. The quantitative estimate of drug-likeness (QED) is 0.837. The van der Waals surface area contributed by atoms with Crippen molar-refractivity contribution in [1.82, 2.24) is 5.32 Å². The van der Waals surface area contributed by atoms with E-state index in [-0.39, 0.29) is 18.4 Å². The summed E-state index contributed by atoms with van der Waals surface area (Å²) in [4.78, 5) is 11.2. The van der Waals surface area contributed by atoms with Gasteiger partial charge in [0.05, 0.1) is 5.56 Å². The van der Waals surface area contributed by atoms with Crippen LogP contribution in [0.3, 0.4) is 0 Å². The average Bonchev–Trinajstić information content (AvgIpc) is 3.17. The lowest BCUT2D eigenvalue weighted by Crippen LogP contribution is -2.46. The van der Waals surface area contributed by atoms with Gasteiger partial charge in [-0.05, 0) is 25.0 Å². The molecule has 1 aromatic carbocycles. The zero-order chi connectivity index (χ0) is 14.8. The normalized spacial score (nSPS) is 16.8. The number of carbonyl (C=O) groups excluding carboxylic acids is 1. The number of rotatable bonds is 6. The van der Waals surface area contributed by atoms with Gasteiger partial charge >= 0.3 is 6.18 Å². The van der Waals surface area contributed by atoms with Gasteiger partial charge in [-0.25, -0.2) is 0 Å². The molecule has 3 N–H and O–H groups in total. The van der Waals surface area contributed by atoms with E-state index in [1.807, 2.05) is 0 Å². The second-order valence-corrected chi connectivity index (χ2v) is 4.70. The first kappa shape index (κ1) is 14.6. The number of benzene rings is 1. The van der Waals surface area contributed by atoms with Crippen LogP contribution in [0.25, 0.3) is 0 Å². The third kappa shape index (κ3) is 3.86. The molecule has 2 rings (SSSR count). The molecular formula is C13H15F3N2O2. The number of ether oxygens (including phenoxy) is 1. The highest BCUT2D eigenvalue weighted by Gasteiger charge is 2.34. The first-order valence-corrected chi connectivity index (χ1v) is 6.22. The van der Waals surface area contributed by atoms with Crippen molar-refractivity contribution < 1.29 is 22.7 Å². The molecule has 1 amide bonds. The number of hydrogen-bond donors (Lipinski definition) is 2. The Morgan fingerprint density at radius 3 is 2.60 bits per heavy atom. The minimum atomic E-state index is -4.50. The zero-order valence-corrected chi connectivity index (χ0v) is 10.6. The number of nitrogens with one attached hydrogen (secondary N) is 1. The SMILES string of the molecule is NC(=O)C(COc1ccccc1C(F)(F)F)NC1CC1. The Bertz CT molecular complexity index is 487. The van der Waals surface area contributed by atoms with Gasteiger partial charge < -0.3 is 15.8 Å². The maximum Gasteiger partial charge on any atom is 0.419 e. The third-order valence-electron chi connectivity index (χ3n) is 2.96. The molecule has 0 aromatic heterocycles. The van der Waals surface area contributed by atoms with Crippen LogP contribution in [0.15, 0.2) is 24.3 Å². The molecule has 110 valence electrons. The maximum absolute atomic E-state index is 12.8. The fourth-order valence-corrected chi connectivity index (χ4v) is 1.75. The molecule has 0 heterocycles. The molecule has 1 fully saturated rings. The van der Waals surface area contributed by atoms with Crippen molar-refractivity contribution in [3.63, 3.8) is 0 Å². The van der Waals surface area contributed by atoms with Gasteiger partial charge in [-0.1, -0.05) is 12.1 Å². The molecule has 1 unspecified atom stereocenters. The topological polar surface area (TPSA) is 64.4 Å². The van der Waals surface area contributed by atoms with E-state index in [2.05, 4.69) is 5.32 Å². The van der Waals surface area contributed by atoms with Crippen LogP contribution >= 0.6 is 0 Å². The van der Waals surface area contributed by atoms with E-state index in [0.29, 0.717) is 0 Å². The van der Waals surface area contributed by atoms with E-state index >= 15 is 0 Å². The Morgan fingerprint density at radius 2 is 2.05 bits per heavy atom. The van der Waals surface area contributed by atoms with E-state index in [1.54, 1.807) is 0 Å². The molecule has 1 aliphatic carbocycles. The van der Waals surface area contributed by atoms with Crippen LogP contribution in [0.2, 0.25) is 0 Å². The third-order valence-corrected chi connectivity index (χ3v) is 2.96. The monoisotopic (exact) mass is 288 g/mol. The minimum Gasteiger partial charge on any atom is -0.491 e. The summed E-state index contributed by atoms with van der Waals surface area (Å²) in [6.07, 6.45) is -2.63. The van der Waals surface area contributed by atoms with Gasteiger partial charge in [0.1, 0.15) is 18.4 Å². The summed E-state index contributed by atoms with van der Waals surface area (Å²) in [5.41, 5.74) is 4.33. The lowest BCUT2D eigenvalue weighted by atomic mass is 10.2. The molecular weight excluding hydrogens is 273 g/mol. The van der Waals surface area contributed by atoms with E-state index in [4.69, 9.17) is 10.5 Å². The largest absolute Gasteiger partial charge is 0.491 e. The number of hydrogen-bond acceptors (Lipinski definition) is 3. The number of para-hydroxylation sites is 1. The molecule has 20 heavy (non-hydrogen) atoms. The van der Waals surface area contributed by atoms with Crippen molar-refractivity contribution in [2.24, 2.45) is 5.73 Å². The highest BCUT2D eigenvalue weighted by atomic mass is 19.4. The van der Waals surface area contributed by atoms with Crippen LogP contribution in [0, 0.1) is 0 Å². The van der Waals surface area contributed by atoms with E-state index in [1.165, 1.54) is 18.2 Å². The van der Waals surface area contributed by atoms with Gasteiger partial charge in [-0.3, -0.25) is 4.79 Å². The Morgan fingerprint density at radius 1 is 1.40 bits per heavy atom. The Labute approximate surface area is 114 Å². The molecule has 7 heteroatoms. The van der Waals surface area contributed by atoms with Gasteiger partial charge in [0, 0.05) is 6.04 Å². The number of amides is 1. The van der Waals surface area contributed by atoms with Crippen LogP contribution in [0.4, 0.5) is 13.2 Å². The number of primary amides is 1. The molecule has 1 saturated carbocycles. The van der Waals surface area contributed by atoms with Crippen LogP contribution in [0.1, 0.15) is 18.4 Å². The summed E-state index contributed by atoms with van der Waals surface area (Å²) >= 11 is 0. The molecule has 0 aliphatic heterocycles. The zero-order valence-electron chi connectivity index (χ0n) is 10.6. The number of alkyl halides is 3. The summed E-state index contributed by atoms with van der Waals surface area (Å²) < 4.78 is 43.4. The molecule has 1 aliphatic rings. The molecule has 0 radical (unpaired) electrons. The first-order valence-electron chi connectivity index (χ1n) is 6.22. The molecule has 1 aromatic rings. The molecule has 0 spiro atoms.